The van der Waals surface area contributed by atoms with E-state index in [1.807, 2.05) is 26.8 Å². The molecule has 2 aromatic heterocycles. The Balaban J connectivity index is 2.30. The third kappa shape index (κ3) is 3.26. The fourth-order valence-corrected chi connectivity index (χ4v) is 2.11. The SMILES string of the molecule is CCOC(=O)C(CC)c1nc(-c2ncc(C)cc2C)no1. The fraction of sp³-hybridized carbons (Fsp3) is 0.467. The third-order valence-corrected chi connectivity index (χ3v) is 3.15. The van der Waals surface area contributed by atoms with Crippen LogP contribution in [-0.4, -0.2) is 27.7 Å². The molecule has 6 heteroatoms. The van der Waals surface area contributed by atoms with Gasteiger partial charge >= 0.3 is 5.97 Å². The van der Waals surface area contributed by atoms with Crippen LogP contribution in [0.3, 0.4) is 0 Å². The van der Waals surface area contributed by atoms with Gasteiger partial charge in [-0.3, -0.25) is 9.78 Å². The van der Waals surface area contributed by atoms with Crippen LogP contribution in [0, 0.1) is 13.8 Å². The van der Waals surface area contributed by atoms with Crippen molar-refractivity contribution in [2.75, 3.05) is 6.61 Å². The van der Waals surface area contributed by atoms with E-state index in [0.717, 1.165) is 11.1 Å². The smallest absolute Gasteiger partial charge is 0.318 e. The summed E-state index contributed by atoms with van der Waals surface area (Å²) in [6.45, 7) is 7.88. The van der Waals surface area contributed by atoms with E-state index in [-0.39, 0.29) is 11.9 Å². The van der Waals surface area contributed by atoms with Gasteiger partial charge in [0.2, 0.25) is 11.7 Å². The van der Waals surface area contributed by atoms with Crippen LogP contribution in [0.4, 0.5) is 0 Å². The zero-order valence-corrected chi connectivity index (χ0v) is 12.7. The zero-order chi connectivity index (χ0) is 15.4. The van der Waals surface area contributed by atoms with Crippen molar-refractivity contribution in [3.8, 4) is 11.5 Å². The number of aromatic nitrogens is 3. The van der Waals surface area contributed by atoms with E-state index < -0.39 is 5.92 Å². The van der Waals surface area contributed by atoms with Crippen LogP contribution >= 0.6 is 0 Å². The highest BCUT2D eigenvalue weighted by atomic mass is 16.5. The van der Waals surface area contributed by atoms with E-state index in [9.17, 15) is 4.79 Å². The number of aryl methyl sites for hydroxylation is 2. The average Bonchev–Trinajstić information content (AvgIpc) is 2.89. The number of nitrogens with zero attached hydrogens (tertiary/aromatic N) is 3. The summed E-state index contributed by atoms with van der Waals surface area (Å²) in [6.07, 6.45) is 2.29. The highest BCUT2D eigenvalue weighted by Gasteiger charge is 2.27. The van der Waals surface area contributed by atoms with Gasteiger partial charge in [0.15, 0.2) is 0 Å². The monoisotopic (exact) mass is 289 g/mol. The third-order valence-electron chi connectivity index (χ3n) is 3.15. The van der Waals surface area contributed by atoms with E-state index in [1.54, 1.807) is 13.1 Å². The molecule has 0 N–H and O–H groups in total. The van der Waals surface area contributed by atoms with Crippen molar-refractivity contribution in [2.45, 2.75) is 40.0 Å². The van der Waals surface area contributed by atoms with E-state index >= 15 is 0 Å². The highest BCUT2D eigenvalue weighted by molar-refractivity contribution is 5.76. The van der Waals surface area contributed by atoms with Crippen molar-refractivity contribution in [1.82, 2.24) is 15.1 Å². The maximum Gasteiger partial charge on any atom is 0.318 e. The molecular formula is C15H19N3O3. The molecule has 0 bridgehead atoms. The van der Waals surface area contributed by atoms with Gasteiger partial charge in [0.25, 0.3) is 0 Å². The van der Waals surface area contributed by atoms with Gasteiger partial charge in [0.1, 0.15) is 11.6 Å². The van der Waals surface area contributed by atoms with Gasteiger partial charge in [0, 0.05) is 6.20 Å². The van der Waals surface area contributed by atoms with E-state index in [4.69, 9.17) is 9.26 Å². The summed E-state index contributed by atoms with van der Waals surface area (Å²) in [5, 5.41) is 3.93. The molecule has 6 nitrogen and oxygen atoms in total. The van der Waals surface area contributed by atoms with Gasteiger partial charge in [-0.1, -0.05) is 18.1 Å². The molecule has 2 aromatic rings. The number of ether oxygens (including phenoxy) is 1. The Morgan fingerprint density at radius 3 is 2.76 bits per heavy atom. The van der Waals surface area contributed by atoms with Crippen LogP contribution in [0.15, 0.2) is 16.8 Å². The van der Waals surface area contributed by atoms with E-state index in [1.165, 1.54) is 0 Å². The second-order valence-corrected chi connectivity index (χ2v) is 4.85. The van der Waals surface area contributed by atoms with Gasteiger partial charge in [-0.15, -0.1) is 0 Å². The quantitative estimate of drug-likeness (QED) is 0.788. The Morgan fingerprint density at radius 1 is 1.38 bits per heavy atom. The number of pyridine rings is 1. The molecule has 0 aliphatic rings. The minimum atomic E-state index is -0.531. The molecule has 0 radical (unpaired) electrons. The molecule has 21 heavy (non-hydrogen) atoms. The first-order chi connectivity index (χ1) is 10.1. The molecule has 0 aliphatic carbocycles. The first-order valence-corrected chi connectivity index (χ1v) is 7.00. The topological polar surface area (TPSA) is 78.1 Å². The number of carbonyl (C=O) groups excluding carboxylic acids is 1. The highest BCUT2D eigenvalue weighted by Crippen LogP contribution is 2.24. The molecule has 1 atom stereocenters. The fourth-order valence-electron chi connectivity index (χ4n) is 2.11. The molecule has 0 saturated carbocycles. The molecule has 0 saturated heterocycles. The lowest BCUT2D eigenvalue weighted by atomic mass is 10.1. The standard InChI is InChI=1S/C15H19N3O3/c1-5-11(15(19)20-6-2)14-17-13(18-21-14)12-10(4)7-9(3)8-16-12/h7-8,11H,5-6H2,1-4H3. The Kier molecular flexibility index (Phi) is 4.67. The lowest BCUT2D eigenvalue weighted by Crippen LogP contribution is -2.15. The Morgan fingerprint density at radius 2 is 2.14 bits per heavy atom. The summed E-state index contributed by atoms with van der Waals surface area (Å²) < 4.78 is 10.2. The van der Waals surface area contributed by atoms with E-state index in [2.05, 4.69) is 15.1 Å². The Hall–Kier alpha value is -2.24. The largest absolute Gasteiger partial charge is 0.465 e. The number of esters is 1. The molecule has 0 fully saturated rings. The van der Waals surface area contributed by atoms with Gasteiger partial charge in [-0.25, -0.2) is 0 Å². The Labute approximate surface area is 123 Å². The summed E-state index contributed by atoms with van der Waals surface area (Å²) in [4.78, 5) is 20.5. The number of hydrogen-bond acceptors (Lipinski definition) is 6. The summed E-state index contributed by atoms with van der Waals surface area (Å²) in [5.41, 5.74) is 2.69. The normalized spacial score (nSPS) is 12.2. The average molecular weight is 289 g/mol. The van der Waals surface area contributed by atoms with Gasteiger partial charge in [-0.05, 0) is 38.3 Å². The molecular weight excluding hydrogens is 270 g/mol. The molecule has 2 heterocycles. The number of rotatable bonds is 5. The van der Waals surface area contributed by atoms with Crippen LogP contribution in [0.5, 0.6) is 0 Å². The second kappa shape index (κ2) is 6.47. The predicted molar refractivity (Wildman–Crippen MR) is 76.7 cm³/mol. The maximum atomic E-state index is 11.9. The molecule has 112 valence electrons. The first-order valence-electron chi connectivity index (χ1n) is 7.00. The first kappa shape index (κ1) is 15.2. The van der Waals surface area contributed by atoms with Crippen molar-refractivity contribution in [3.63, 3.8) is 0 Å². The van der Waals surface area contributed by atoms with Crippen molar-refractivity contribution in [3.05, 3.63) is 29.3 Å². The van der Waals surface area contributed by atoms with Crippen LogP contribution < -0.4 is 0 Å². The number of carbonyl (C=O) groups is 1. The number of hydrogen-bond donors (Lipinski definition) is 0. The van der Waals surface area contributed by atoms with Crippen molar-refractivity contribution in [2.24, 2.45) is 0 Å². The summed E-state index contributed by atoms with van der Waals surface area (Å²) >= 11 is 0. The van der Waals surface area contributed by atoms with Crippen molar-refractivity contribution < 1.29 is 14.1 Å². The van der Waals surface area contributed by atoms with Gasteiger partial charge in [-0.2, -0.15) is 4.98 Å². The van der Waals surface area contributed by atoms with Gasteiger partial charge in [0.05, 0.1) is 6.61 Å². The molecule has 0 spiro atoms. The van der Waals surface area contributed by atoms with Crippen molar-refractivity contribution in [1.29, 1.82) is 0 Å². The minimum Gasteiger partial charge on any atom is -0.465 e. The zero-order valence-electron chi connectivity index (χ0n) is 12.7. The molecule has 1 unspecified atom stereocenters. The van der Waals surface area contributed by atoms with Crippen LogP contribution in [0.25, 0.3) is 11.5 Å². The van der Waals surface area contributed by atoms with Crippen LogP contribution in [0.1, 0.15) is 43.2 Å². The summed E-state index contributed by atoms with van der Waals surface area (Å²) in [7, 11) is 0. The predicted octanol–water partition coefficient (Wildman–Crippen LogP) is 2.81. The van der Waals surface area contributed by atoms with Crippen LogP contribution in [-0.2, 0) is 9.53 Å². The maximum absolute atomic E-state index is 11.9. The second-order valence-electron chi connectivity index (χ2n) is 4.85. The van der Waals surface area contributed by atoms with E-state index in [0.29, 0.717) is 24.5 Å². The lowest BCUT2D eigenvalue weighted by molar-refractivity contribution is -0.145. The van der Waals surface area contributed by atoms with Crippen LogP contribution in [0.2, 0.25) is 0 Å². The van der Waals surface area contributed by atoms with Crippen molar-refractivity contribution >= 4 is 5.97 Å². The Bertz CT molecular complexity index is 637. The molecule has 0 aromatic carbocycles. The summed E-state index contributed by atoms with van der Waals surface area (Å²) in [6, 6.07) is 2.00. The minimum absolute atomic E-state index is 0.271. The molecule has 0 amide bonds. The lowest BCUT2D eigenvalue weighted by Gasteiger charge is -2.08. The molecule has 0 aliphatic heterocycles. The molecule has 2 rings (SSSR count). The van der Waals surface area contributed by atoms with Gasteiger partial charge < -0.3 is 9.26 Å². The summed E-state index contributed by atoms with van der Waals surface area (Å²) in [5.74, 6) is -0.210.